The van der Waals surface area contributed by atoms with Crippen molar-refractivity contribution in [2.45, 2.75) is 26.3 Å². The van der Waals surface area contributed by atoms with Crippen LogP contribution in [0.1, 0.15) is 12.6 Å². The van der Waals surface area contributed by atoms with Gasteiger partial charge in [-0.1, -0.05) is 0 Å². The predicted molar refractivity (Wildman–Crippen MR) is 43.6 cm³/mol. The summed E-state index contributed by atoms with van der Waals surface area (Å²) in [6.45, 7) is 1.34. The molecule has 14 heavy (non-hydrogen) atoms. The second kappa shape index (κ2) is 4.45. The van der Waals surface area contributed by atoms with Crippen LogP contribution in [0.2, 0.25) is 0 Å². The number of hydrogen-bond acceptors (Lipinski definition) is 2. The molecule has 1 aromatic heterocycles. The molecule has 0 saturated carbocycles. The van der Waals surface area contributed by atoms with Crippen LogP contribution in [-0.4, -0.2) is 22.6 Å². The molecule has 0 aromatic carbocycles. The summed E-state index contributed by atoms with van der Waals surface area (Å²) in [5.41, 5.74) is 0.434. The van der Waals surface area contributed by atoms with E-state index in [1.807, 2.05) is 0 Å². The lowest BCUT2D eigenvalue weighted by Crippen LogP contribution is -2.20. The van der Waals surface area contributed by atoms with Crippen LogP contribution in [0.4, 0.5) is 13.2 Å². The van der Waals surface area contributed by atoms with Crippen molar-refractivity contribution in [2.75, 3.05) is 6.61 Å². The summed E-state index contributed by atoms with van der Waals surface area (Å²) in [4.78, 5) is 0. The standard InChI is InChI=1S/C8H11F3N2O/c1-2-14-5-7-3-4-12-13(7)6-8(9,10)11/h3-4H,2,5-6H2,1H3. The molecule has 0 radical (unpaired) electrons. The summed E-state index contributed by atoms with van der Waals surface area (Å²) in [5, 5.41) is 3.57. The van der Waals surface area contributed by atoms with E-state index >= 15 is 0 Å². The number of aromatic nitrogens is 2. The van der Waals surface area contributed by atoms with Crippen LogP contribution >= 0.6 is 0 Å². The molecule has 1 rings (SSSR count). The van der Waals surface area contributed by atoms with Crippen LogP contribution in [-0.2, 0) is 17.9 Å². The molecule has 1 heterocycles. The third-order valence-electron chi connectivity index (χ3n) is 1.59. The maximum absolute atomic E-state index is 12.0. The zero-order valence-corrected chi connectivity index (χ0v) is 7.71. The maximum Gasteiger partial charge on any atom is 0.408 e. The lowest BCUT2D eigenvalue weighted by atomic mass is 10.4. The monoisotopic (exact) mass is 208 g/mol. The fourth-order valence-electron chi connectivity index (χ4n) is 1.00. The van der Waals surface area contributed by atoms with Gasteiger partial charge < -0.3 is 4.74 Å². The van der Waals surface area contributed by atoms with Gasteiger partial charge in [-0.15, -0.1) is 0 Å². The van der Waals surface area contributed by atoms with E-state index in [4.69, 9.17) is 4.74 Å². The van der Waals surface area contributed by atoms with Gasteiger partial charge in [-0.2, -0.15) is 18.3 Å². The number of hydrogen-bond donors (Lipinski definition) is 0. The predicted octanol–water partition coefficient (Wildman–Crippen LogP) is 1.98. The van der Waals surface area contributed by atoms with Gasteiger partial charge in [0.05, 0.1) is 12.3 Å². The highest BCUT2D eigenvalue weighted by molar-refractivity contribution is 4.98. The van der Waals surface area contributed by atoms with E-state index in [9.17, 15) is 13.2 Å². The van der Waals surface area contributed by atoms with Crippen LogP contribution in [0.5, 0.6) is 0 Å². The summed E-state index contributed by atoms with van der Waals surface area (Å²) in [6.07, 6.45) is -2.91. The van der Waals surface area contributed by atoms with Gasteiger partial charge in [0, 0.05) is 12.8 Å². The van der Waals surface area contributed by atoms with Crippen LogP contribution in [0.3, 0.4) is 0 Å². The van der Waals surface area contributed by atoms with Crippen LogP contribution in [0, 0.1) is 0 Å². The number of halogens is 3. The molecular formula is C8H11F3N2O. The van der Waals surface area contributed by atoms with Crippen LogP contribution in [0.15, 0.2) is 12.3 Å². The molecule has 80 valence electrons. The first-order valence-electron chi connectivity index (χ1n) is 4.18. The second-order valence-corrected chi connectivity index (χ2v) is 2.73. The Balaban J connectivity index is 2.63. The van der Waals surface area contributed by atoms with E-state index in [1.165, 1.54) is 12.3 Å². The average molecular weight is 208 g/mol. The molecule has 0 aliphatic rings. The molecule has 0 amide bonds. The number of rotatable bonds is 4. The Morgan fingerprint density at radius 2 is 2.21 bits per heavy atom. The van der Waals surface area contributed by atoms with Gasteiger partial charge in [-0.05, 0) is 13.0 Å². The Bertz CT molecular complexity index is 282. The smallest absolute Gasteiger partial charge is 0.375 e. The van der Waals surface area contributed by atoms with E-state index in [0.29, 0.717) is 12.3 Å². The third kappa shape index (κ3) is 3.37. The summed E-state index contributed by atoms with van der Waals surface area (Å²) in [7, 11) is 0. The van der Waals surface area contributed by atoms with Gasteiger partial charge in [0.2, 0.25) is 0 Å². The maximum atomic E-state index is 12.0. The van der Waals surface area contributed by atoms with Gasteiger partial charge in [-0.3, -0.25) is 4.68 Å². The summed E-state index contributed by atoms with van der Waals surface area (Å²) < 4.78 is 42.0. The van der Waals surface area contributed by atoms with Crippen LogP contribution in [0.25, 0.3) is 0 Å². The molecule has 0 atom stereocenters. The van der Waals surface area contributed by atoms with Crippen molar-refractivity contribution in [2.24, 2.45) is 0 Å². The highest BCUT2D eigenvalue weighted by Gasteiger charge is 2.29. The van der Waals surface area contributed by atoms with Crippen LogP contribution < -0.4 is 0 Å². The number of alkyl halides is 3. The molecule has 0 N–H and O–H groups in total. The van der Waals surface area contributed by atoms with Gasteiger partial charge in [0.15, 0.2) is 0 Å². The lowest BCUT2D eigenvalue weighted by Gasteiger charge is -2.09. The zero-order valence-electron chi connectivity index (χ0n) is 7.71. The van der Waals surface area contributed by atoms with Crippen molar-refractivity contribution in [1.82, 2.24) is 9.78 Å². The van der Waals surface area contributed by atoms with Crippen molar-refractivity contribution in [1.29, 1.82) is 0 Å². The minimum absolute atomic E-state index is 0.159. The summed E-state index contributed by atoms with van der Waals surface area (Å²) in [6, 6.07) is 1.52. The first-order chi connectivity index (χ1) is 6.53. The van der Waals surface area contributed by atoms with E-state index in [1.54, 1.807) is 6.92 Å². The molecule has 0 saturated heterocycles. The molecule has 0 bridgehead atoms. The minimum Gasteiger partial charge on any atom is -0.375 e. The molecular weight excluding hydrogens is 197 g/mol. The van der Waals surface area contributed by atoms with Gasteiger partial charge >= 0.3 is 6.18 Å². The Hall–Kier alpha value is -1.04. The topological polar surface area (TPSA) is 27.1 Å². The van der Waals surface area contributed by atoms with Gasteiger partial charge in [-0.25, -0.2) is 0 Å². The fourth-order valence-corrected chi connectivity index (χ4v) is 1.00. The molecule has 0 aliphatic heterocycles. The molecule has 0 spiro atoms. The van der Waals surface area contributed by atoms with E-state index in [0.717, 1.165) is 4.68 Å². The largest absolute Gasteiger partial charge is 0.408 e. The highest BCUT2D eigenvalue weighted by atomic mass is 19.4. The van der Waals surface area contributed by atoms with Crippen molar-refractivity contribution in [3.8, 4) is 0 Å². The number of nitrogens with zero attached hydrogens (tertiary/aromatic N) is 2. The van der Waals surface area contributed by atoms with Crippen molar-refractivity contribution < 1.29 is 17.9 Å². The molecule has 6 heteroatoms. The minimum atomic E-state index is -4.24. The molecule has 0 aliphatic carbocycles. The molecule has 3 nitrogen and oxygen atoms in total. The Morgan fingerprint density at radius 3 is 2.79 bits per heavy atom. The normalized spacial score (nSPS) is 12.0. The van der Waals surface area contributed by atoms with Crippen molar-refractivity contribution in [3.05, 3.63) is 18.0 Å². The molecule has 0 unspecified atom stereocenters. The Kier molecular flexibility index (Phi) is 3.51. The van der Waals surface area contributed by atoms with E-state index < -0.39 is 12.7 Å². The number of ether oxygens (including phenoxy) is 1. The fraction of sp³-hybridized carbons (Fsp3) is 0.625. The SMILES string of the molecule is CCOCc1ccnn1CC(F)(F)F. The first-order valence-corrected chi connectivity index (χ1v) is 4.18. The second-order valence-electron chi connectivity index (χ2n) is 2.73. The van der Waals surface area contributed by atoms with Crippen molar-refractivity contribution >= 4 is 0 Å². The van der Waals surface area contributed by atoms with Gasteiger partial charge in [0.1, 0.15) is 6.54 Å². The van der Waals surface area contributed by atoms with Crippen molar-refractivity contribution in [3.63, 3.8) is 0 Å². The third-order valence-corrected chi connectivity index (χ3v) is 1.59. The zero-order chi connectivity index (χ0) is 10.6. The van der Waals surface area contributed by atoms with E-state index in [2.05, 4.69) is 5.10 Å². The van der Waals surface area contributed by atoms with E-state index in [-0.39, 0.29) is 6.61 Å². The first kappa shape index (κ1) is 11.0. The molecule has 1 aromatic rings. The quantitative estimate of drug-likeness (QED) is 0.756. The Morgan fingerprint density at radius 1 is 1.50 bits per heavy atom. The summed E-state index contributed by atoms with van der Waals surface area (Å²) >= 11 is 0. The lowest BCUT2D eigenvalue weighted by molar-refractivity contribution is -0.143. The Labute approximate surface area is 79.5 Å². The van der Waals surface area contributed by atoms with Gasteiger partial charge in [0.25, 0.3) is 0 Å². The summed E-state index contributed by atoms with van der Waals surface area (Å²) in [5.74, 6) is 0. The average Bonchev–Trinajstić information content (AvgIpc) is 2.45. The highest BCUT2D eigenvalue weighted by Crippen LogP contribution is 2.18. The molecule has 0 fully saturated rings.